The van der Waals surface area contributed by atoms with Crippen LogP contribution in [0.5, 0.6) is 0 Å². The van der Waals surface area contributed by atoms with Gasteiger partial charge in [0, 0.05) is 37.8 Å². The van der Waals surface area contributed by atoms with E-state index in [1.54, 1.807) is 0 Å². The van der Waals surface area contributed by atoms with Gasteiger partial charge in [-0.25, -0.2) is 42.5 Å². The fourth-order valence-corrected chi connectivity index (χ4v) is 13.0. The zero-order valence-electron chi connectivity index (χ0n) is 45.3. The molecule has 3 saturated carbocycles. The molecule has 3 amide bonds. The first kappa shape index (κ1) is 59.4. The van der Waals surface area contributed by atoms with Crippen molar-refractivity contribution < 1.29 is 42.8 Å². The summed E-state index contributed by atoms with van der Waals surface area (Å²) >= 11 is 0. The lowest BCUT2D eigenvalue weighted by Crippen LogP contribution is -2.60. The summed E-state index contributed by atoms with van der Waals surface area (Å²) in [6.07, 6.45) is 11.8. The Bertz CT molecular complexity index is 1910. The van der Waals surface area contributed by atoms with E-state index in [2.05, 4.69) is 77.2 Å². The second kappa shape index (κ2) is 26.2. The van der Waals surface area contributed by atoms with Crippen LogP contribution in [0.3, 0.4) is 0 Å². The van der Waals surface area contributed by atoms with Crippen LogP contribution in [0.4, 0.5) is 14.4 Å². The molecule has 18 nitrogen and oxygen atoms in total. The normalized spacial score (nSPS) is 26.2. The Kier molecular flexibility index (Phi) is 21.6. The smallest absolute Gasteiger partial charge is 0.407 e. The number of rotatable bonds is 27. The lowest BCUT2D eigenvalue weighted by Gasteiger charge is -2.48. The molecular formula is C54H90N6O12. The number of aromatic nitrogens is 3. The fraction of sp³-hybridized carbons (Fsp3) is 0.778. The minimum absolute atomic E-state index is 0.000787. The second-order valence-corrected chi connectivity index (χ2v) is 24.5. The minimum Gasteiger partial charge on any atom is -0.502 e. The standard InChI is InChI=1S/C54H90N6O12/c1-13-67-22-16-19-25-70-43(61)55-40-28-49(4,5)34-52(10,31-40)37-58-46(64)59(38-53(11)32-41(29-50(6,7)35-53)56-44(62)71-26-20-17-23-68-14-2)48(66)60(47(58)65)39-54(12)33-42(30-51(8,9)36-54)57-45(63)72-27-21-18-24-69-15-3/h13-15,40-42H,1-3,16-39H2,4-12H3,(H,55,61)(H,56,62)(H,57,63). The van der Waals surface area contributed by atoms with E-state index in [0.717, 1.165) is 0 Å². The summed E-state index contributed by atoms with van der Waals surface area (Å²) in [6.45, 7) is 31.5. The van der Waals surface area contributed by atoms with Crippen molar-refractivity contribution in [3.8, 4) is 0 Å². The lowest BCUT2D eigenvalue weighted by atomic mass is 9.62. The van der Waals surface area contributed by atoms with Crippen LogP contribution in [0.15, 0.2) is 52.9 Å². The van der Waals surface area contributed by atoms with Crippen molar-refractivity contribution in [2.24, 2.45) is 32.5 Å². The highest BCUT2D eigenvalue weighted by Gasteiger charge is 2.47. The van der Waals surface area contributed by atoms with E-state index in [1.165, 1.54) is 32.5 Å². The number of carbonyl (C=O) groups excluding carboxylic acids is 3. The Morgan fingerprint density at radius 1 is 0.444 bits per heavy atom. The van der Waals surface area contributed by atoms with Gasteiger partial charge >= 0.3 is 35.3 Å². The van der Waals surface area contributed by atoms with Crippen LogP contribution in [-0.4, -0.2) is 89.7 Å². The average molecular weight is 1020 g/mol. The highest BCUT2D eigenvalue weighted by Crippen LogP contribution is 2.49. The first-order valence-corrected chi connectivity index (χ1v) is 26.2. The number of alkyl carbamates (subject to hydrolysis) is 3. The fourth-order valence-electron chi connectivity index (χ4n) is 13.0. The molecule has 1 heterocycles. The number of nitrogens with one attached hydrogen (secondary N) is 3. The van der Waals surface area contributed by atoms with Gasteiger partial charge in [0.25, 0.3) is 0 Å². The maximum atomic E-state index is 15.1. The summed E-state index contributed by atoms with van der Waals surface area (Å²) in [7, 11) is 0. The second-order valence-electron chi connectivity index (χ2n) is 24.5. The molecule has 1 aromatic rings. The molecule has 3 N–H and O–H groups in total. The predicted octanol–water partition coefficient (Wildman–Crippen LogP) is 8.93. The van der Waals surface area contributed by atoms with E-state index < -0.39 is 51.6 Å². The molecule has 3 aliphatic carbocycles. The highest BCUT2D eigenvalue weighted by atomic mass is 16.6. The molecule has 1 aromatic heterocycles. The minimum atomic E-state index is -0.698. The number of hydrogen-bond donors (Lipinski definition) is 3. The monoisotopic (exact) mass is 1010 g/mol. The van der Waals surface area contributed by atoms with E-state index >= 15 is 14.4 Å². The van der Waals surface area contributed by atoms with E-state index in [-0.39, 0.29) is 73.8 Å². The molecule has 18 heteroatoms. The molecule has 0 bridgehead atoms. The Morgan fingerprint density at radius 3 is 0.917 bits per heavy atom. The van der Waals surface area contributed by atoms with E-state index in [4.69, 9.17) is 28.4 Å². The molecule has 0 aromatic carbocycles. The molecule has 6 unspecified atom stereocenters. The number of carbonyl (C=O) groups is 3. The van der Waals surface area contributed by atoms with Crippen molar-refractivity contribution in [1.29, 1.82) is 0 Å². The Balaban J connectivity index is 1.69. The van der Waals surface area contributed by atoms with E-state index in [1.807, 2.05) is 20.8 Å². The van der Waals surface area contributed by atoms with Gasteiger partial charge in [-0.3, -0.25) is 0 Å². The molecule has 3 fully saturated rings. The SMILES string of the molecule is C=COCCCCOC(=O)NC1CC(C)(C)CC(C)(Cn2c(=O)n(CC3(C)CC(NC(=O)OCCCCOC=C)CC(C)(C)C3)c(=O)n(CC3(C)CC(NC(=O)OCCCCOC=C)CC(C)(C)C3)c2=O)C1. The van der Waals surface area contributed by atoms with Crippen molar-refractivity contribution >= 4 is 18.3 Å². The Labute approximate surface area is 428 Å². The third-order valence-electron chi connectivity index (χ3n) is 14.3. The number of nitrogens with zero attached hydrogens (tertiary/aromatic N) is 3. The molecule has 0 saturated heterocycles. The molecule has 72 heavy (non-hydrogen) atoms. The summed E-state index contributed by atoms with van der Waals surface area (Å²) < 4.78 is 35.8. The van der Waals surface area contributed by atoms with Crippen LogP contribution in [0.25, 0.3) is 0 Å². The Morgan fingerprint density at radius 2 is 0.681 bits per heavy atom. The molecule has 3 aliphatic rings. The third-order valence-corrected chi connectivity index (χ3v) is 14.3. The van der Waals surface area contributed by atoms with Gasteiger partial charge in [0.15, 0.2) is 0 Å². The van der Waals surface area contributed by atoms with Crippen LogP contribution >= 0.6 is 0 Å². The highest BCUT2D eigenvalue weighted by molar-refractivity contribution is 5.68. The zero-order chi connectivity index (χ0) is 53.4. The van der Waals surface area contributed by atoms with Crippen molar-refractivity contribution in [1.82, 2.24) is 29.7 Å². The predicted molar refractivity (Wildman–Crippen MR) is 277 cm³/mol. The zero-order valence-corrected chi connectivity index (χ0v) is 45.3. The molecule has 6 atom stereocenters. The summed E-state index contributed by atoms with van der Waals surface area (Å²) in [4.78, 5) is 84.6. The van der Waals surface area contributed by atoms with Crippen molar-refractivity contribution in [3.05, 3.63) is 70.0 Å². The Hall–Kier alpha value is -5.16. The average Bonchev–Trinajstić information content (AvgIpc) is 3.24. The van der Waals surface area contributed by atoms with Crippen molar-refractivity contribution in [3.63, 3.8) is 0 Å². The molecule has 0 spiro atoms. The summed E-state index contributed by atoms with van der Waals surface area (Å²) in [5.74, 6) is 0. The summed E-state index contributed by atoms with van der Waals surface area (Å²) in [5, 5.41) is 9.18. The number of unbranched alkanes of at least 4 members (excludes halogenated alkanes) is 3. The van der Waals surface area contributed by atoms with Crippen molar-refractivity contribution in [2.75, 3.05) is 39.6 Å². The van der Waals surface area contributed by atoms with Gasteiger partial charge in [-0.15, -0.1) is 0 Å². The van der Waals surface area contributed by atoms with E-state index in [0.29, 0.717) is 116 Å². The van der Waals surface area contributed by atoms with Crippen molar-refractivity contribution in [2.45, 2.75) is 196 Å². The quantitative estimate of drug-likeness (QED) is 0.0429. The molecule has 0 aliphatic heterocycles. The number of amides is 3. The van der Waals surface area contributed by atoms with Gasteiger partial charge in [-0.05, 0) is 129 Å². The van der Waals surface area contributed by atoms with Crippen LogP contribution in [0, 0.1) is 32.5 Å². The maximum absolute atomic E-state index is 15.1. The van der Waals surface area contributed by atoms with Crippen LogP contribution in [0.1, 0.15) is 159 Å². The first-order chi connectivity index (χ1) is 33.7. The summed E-state index contributed by atoms with van der Waals surface area (Å²) in [5.41, 5.74) is -4.97. The largest absolute Gasteiger partial charge is 0.502 e. The van der Waals surface area contributed by atoms with Crippen LogP contribution in [-0.2, 0) is 48.1 Å². The topological polar surface area (TPSA) is 209 Å². The van der Waals surface area contributed by atoms with Gasteiger partial charge in [-0.1, -0.05) is 82.1 Å². The van der Waals surface area contributed by atoms with Crippen LogP contribution < -0.4 is 33.0 Å². The maximum Gasteiger partial charge on any atom is 0.407 e. The first-order valence-electron chi connectivity index (χ1n) is 26.2. The van der Waals surface area contributed by atoms with Gasteiger partial charge in [0.2, 0.25) is 0 Å². The third kappa shape index (κ3) is 19.0. The number of ether oxygens (including phenoxy) is 6. The molecular weight excluding hydrogens is 925 g/mol. The van der Waals surface area contributed by atoms with Gasteiger partial charge in [-0.2, -0.15) is 0 Å². The van der Waals surface area contributed by atoms with Gasteiger partial charge < -0.3 is 44.4 Å². The number of hydrogen-bond acceptors (Lipinski definition) is 12. The lowest BCUT2D eigenvalue weighted by molar-refractivity contribution is 0.0396. The van der Waals surface area contributed by atoms with E-state index in [9.17, 15) is 14.4 Å². The molecule has 0 radical (unpaired) electrons. The summed E-state index contributed by atoms with van der Waals surface area (Å²) in [6, 6.07) is -0.928. The van der Waals surface area contributed by atoms with Gasteiger partial charge in [0.1, 0.15) is 0 Å². The molecule has 408 valence electrons. The van der Waals surface area contributed by atoms with Crippen LogP contribution in [0.2, 0.25) is 0 Å². The van der Waals surface area contributed by atoms with Gasteiger partial charge in [0.05, 0.1) is 58.4 Å². The molecule has 4 rings (SSSR count).